The third kappa shape index (κ3) is 3.25. The highest BCUT2D eigenvalue weighted by Crippen LogP contribution is 2.41. The van der Waals surface area contributed by atoms with E-state index in [9.17, 15) is 13.6 Å². The maximum Gasteiger partial charge on any atom is 0.387 e. The van der Waals surface area contributed by atoms with E-state index in [2.05, 4.69) is 16.7 Å². The van der Waals surface area contributed by atoms with E-state index in [4.69, 9.17) is 5.73 Å². The molecule has 0 radical (unpaired) electrons. The topological polar surface area (TPSA) is 67.9 Å². The monoisotopic (exact) mass is 373 g/mol. The minimum Gasteiger partial charge on any atom is -0.435 e. The molecule has 0 aliphatic carbocycles. The average molecular weight is 373 g/mol. The summed E-state index contributed by atoms with van der Waals surface area (Å²) in [5.41, 5.74) is 6.91. The number of aliphatic imine (C=N–C) groups is 1. The number of hydrogen-bond acceptors (Lipinski definition) is 4. The van der Waals surface area contributed by atoms with Crippen molar-refractivity contribution in [1.29, 1.82) is 0 Å². The lowest BCUT2D eigenvalue weighted by atomic mass is 9.79. The Labute approximate surface area is 156 Å². The quantitative estimate of drug-likeness (QED) is 0.845. The van der Waals surface area contributed by atoms with E-state index in [0.717, 1.165) is 24.0 Å². The van der Waals surface area contributed by atoms with Gasteiger partial charge in [0.25, 0.3) is 5.91 Å². The standard InChI is InChI=1S/C20H21F2N3O2/c1-3-6-13-7-4-5-8-16(13)20(17(26)25(2)19(23)24-20)14-9-11-15(12-10-14)27-18(21)22/h4-5,7-12,18H,3,6H2,1-2H3,(H2,23,24)/t20-/m1/s1. The summed E-state index contributed by atoms with van der Waals surface area (Å²) in [7, 11) is 1.57. The van der Waals surface area contributed by atoms with Gasteiger partial charge in [0.2, 0.25) is 0 Å². The first-order chi connectivity index (χ1) is 12.9. The van der Waals surface area contributed by atoms with Crippen molar-refractivity contribution >= 4 is 11.9 Å². The molecule has 2 aromatic rings. The van der Waals surface area contributed by atoms with Crippen LogP contribution in [-0.2, 0) is 16.8 Å². The Bertz CT molecular complexity index is 868. The van der Waals surface area contributed by atoms with Gasteiger partial charge in [0.1, 0.15) is 5.75 Å². The fourth-order valence-corrected chi connectivity index (χ4v) is 3.40. The largest absolute Gasteiger partial charge is 0.435 e. The van der Waals surface area contributed by atoms with Crippen molar-refractivity contribution in [2.45, 2.75) is 31.9 Å². The summed E-state index contributed by atoms with van der Waals surface area (Å²) < 4.78 is 29.3. The summed E-state index contributed by atoms with van der Waals surface area (Å²) in [4.78, 5) is 19.1. The number of likely N-dealkylation sites (N-methyl/N-ethyl adjacent to an activating group) is 1. The highest BCUT2D eigenvalue weighted by Gasteiger charge is 2.50. The van der Waals surface area contributed by atoms with Gasteiger partial charge >= 0.3 is 6.61 Å². The molecule has 3 rings (SSSR count). The molecule has 0 fully saturated rings. The minimum absolute atomic E-state index is 0.0153. The molecule has 0 saturated carbocycles. The molecule has 1 atom stereocenters. The van der Waals surface area contributed by atoms with Crippen molar-refractivity contribution < 1.29 is 18.3 Å². The SMILES string of the molecule is CCCc1ccccc1[C@@]1(c2ccc(OC(F)F)cc2)N=C(N)N(C)C1=O. The molecule has 1 aliphatic rings. The lowest BCUT2D eigenvalue weighted by molar-refractivity contribution is -0.129. The second-order valence-electron chi connectivity index (χ2n) is 6.35. The van der Waals surface area contributed by atoms with Crippen molar-refractivity contribution in [3.63, 3.8) is 0 Å². The van der Waals surface area contributed by atoms with Crippen LogP contribution < -0.4 is 10.5 Å². The van der Waals surface area contributed by atoms with Crippen LogP contribution in [0.2, 0.25) is 0 Å². The number of carbonyl (C=O) groups is 1. The number of guanidine groups is 1. The number of amides is 1. The Morgan fingerprint density at radius 2 is 1.85 bits per heavy atom. The molecule has 0 unspecified atom stereocenters. The van der Waals surface area contributed by atoms with Crippen LogP contribution >= 0.6 is 0 Å². The number of nitrogens with zero attached hydrogens (tertiary/aromatic N) is 2. The first-order valence-electron chi connectivity index (χ1n) is 8.67. The molecule has 0 aromatic heterocycles. The molecule has 142 valence electrons. The number of hydrogen-bond donors (Lipinski definition) is 1. The molecule has 2 aromatic carbocycles. The summed E-state index contributed by atoms with van der Waals surface area (Å²) in [6.45, 7) is -0.858. The molecule has 1 amide bonds. The zero-order valence-electron chi connectivity index (χ0n) is 15.2. The fourth-order valence-electron chi connectivity index (χ4n) is 3.40. The number of carbonyl (C=O) groups excluding carboxylic acids is 1. The molecule has 0 bridgehead atoms. The van der Waals surface area contributed by atoms with E-state index in [0.29, 0.717) is 5.56 Å². The van der Waals surface area contributed by atoms with Gasteiger partial charge in [0.15, 0.2) is 11.5 Å². The number of ether oxygens (including phenoxy) is 1. The summed E-state index contributed by atoms with van der Waals surface area (Å²) in [6, 6.07) is 13.6. The van der Waals surface area contributed by atoms with Gasteiger partial charge in [-0.1, -0.05) is 49.7 Å². The summed E-state index contributed by atoms with van der Waals surface area (Å²) >= 11 is 0. The lowest BCUT2D eigenvalue weighted by Gasteiger charge is -2.28. The normalized spacial score (nSPS) is 19.5. The van der Waals surface area contributed by atoms with Gasteiger partial charge in [-0.3, -0.25) is 9.69 Å². The summed E-state index contributed by atoms with van der Waals surface area (Å²) in [6.07, 6.45) is 1.68. The molecule has 1 aliphatic heterocycles. The number of rotatable bonds is 6. The van der Waals surface area contributed by atoms with E-state index in [-0.39, 0.29) is 17.6 Å². The Balaban J connectivity index is 2.18. The Morgan fingerprint density at radius 3 is 2.41 bits per heavy atom. The van der Waals surface area contributed by atoms with Gasteiger partial charge in [-0.25, -0.2) is 4.99 Å². The predicted molar refractivity (Wildman–Crippen MR) is 98.7 cm³/mol. The summed E-state index contributed by atoms with van der Waals surface area (Å²) in [5.74, 6) is -0.160. The van der Waals surface area contributed by atoms with Crippen LogP contribution in [0, 0.1) is 0 Å². The lowest BCUT2D eigenvalue weighted by Crippen LogP contribution is -2.41. The number of halogens is 2. The third-order valence-corrected chi connectivity index (χ3v) is 4.66. The number of benzene rings is 2. The molecule has 0 spiro atoms. The molecule has 0 saturated heterocycles. The maximum atomic E-state index is 13.2. The molecule has 1 heterocycles. The van der Waals surface area contributed by atoms with E-state index < -0.39 is 12.2 Å². The molecule has 2 N–H and O–H groups in total. The number of aryl methyl sites for hydroxylation is 1. The first-order valence-corrected chi connectivity index (χ1v) is 8.67. The first kappa shape index (κ1) is 18.8. The Hall–Kier alpha value is -2.96. The molecule has 5 nitrogen and oxygen atoms in total. The van der Waals surface area contributed by atoms with Gasteiger partial charge in [0, 0.05) is 7.05 Å². The van der Waals surface area contributed by atoms with Crippen molar-refractivity contribution in [3.8, 4) is 5.75 Å². The Morgan fingerprint density at radius 1 is 1.19 bits per heavy atom. The van der Waals surface area contributed by atoms with Crippen LogP contribution in [0.5, 0.6) is 5.75 Å². The van der Waals surface area contributed by atoms with Crippen LogP contribution in [0.4, 0.5) is 8.78 Å². The number of nitrogens with two attached hydrogens (primary N) is 1. The van der Waals surface area contributed by atoms with E-state index in [1.54, 1.807) is 19.2 Å². The number of alkyl halides is 2. The van der Waals surface area contributed by atoms with Crippen molar-refractivity contribution in [3.05, 3.63) is 65.2 Å². The molecular formula is C20H21F2N3O2. The van der Waals surface area contributed by atoms with Gasteiger partial charge in [-0.2, -0.15) is 8.78 Å². The zero-order valence-corrected chi connectivity index (χ0v) is 15.2. The third-order valence-electron chi connectivity index (χ3n) is 4.66. The van der Waals surface area contributed by atoms with Gasteiger partial charge < -0.3 is 10.5 Å². The van der Waals surface area contributed by atoms with Crippen LogP contribution in [0.3, 0.4) is 0 Å². The smallest absolute Gasteiger partial charge is 0.387 e. The molecular weight excluding hydrogens is 352 g/mol. The highest BCUT2D eigenvalue weighted by molar-refractivity contribution is 6.09. The van der Waals surface area contributed by atoms with Crippen LogP contribution in [0.15, 0.2) is 53.5 Å². The maximum absolute atomic E-state index is 13.2. The van der Waals surface area contributed by atoms with Gasteiger partial charge in [0.05, 0.1) is 0 Å². The van der Waals surface area contributed by atoms with E-state index >= 15 is 0 Å². The van der Waals surface area contributed by atoms with Crippen LogP contribution in [-0.4, -0.2) is 30.4 Å². The van der Waals surface area contributed by atoms with Crippen LogP contribution in [0.1, 0.15) is 30.0 Å². The molecule has 7 heteroatoms. The van der Waals surface area contributed by atoms with Gasteiger partial charge in [-0.15, -0.1) is 0 Å². The predicted octanol–water partition coefficient (Wildman–Crippen LogP) is 3.27. The van der Waals surface area contributed by atoms with Crippen LogP contribution in [0.25, 0.3) is 0 Å². The summed E-state index contributed by atoms with van der Waals surface area (Å²) in [5, 5.41) is 0. The second-order valence-corrected chi connectivity index (χ2v) is 6.35. The average Bonchev–Trinajstić information content (AvgIpc) is 2.87. The van der Waals surface area contributed by atoms with Crippen molar-refractivity contribution in [1.82, 2.24) is 4.90 Å². The van der Waals surface area contributed by atoms with Gasteiger partial charge in [-0.05, 0) is 35.2 Å². The van der Waals surface area contributed by atoms with Crippen molar-refractivity contribution in [2.75, 3.05) is 7.05 Å². The van der Waals surface area contributed by atoms with E-state index in [1.165, 1.54) is 17.0 Å². The Kier molecular flexibility index (Phi) is 5.12. The minimum atomic E-state index is -2.91. The van der Waals surface area contributed by atoms with Crippen molar-refractivity contribution in [2.24, 2.45) is 10.7 Å². The van der Waals surface area contributed by atoms with E-state index in [1.807, 2.05) is 24.3 Å². The highest BCUT2D eigenvalue weighted by atomic mass is 19.3. The molecule has 27 heavy (non-hydrogen) atoms. The zero-order chi connectivity index (χ0) is 19.6. The fraction of sp³-hybridized carbons (Fsp3) is 0.300. The second kappa shape index (κ2) is 7.34.